The zero-order valence-electron chi connectivity index (χ0n) is 7.94. The second-order valence-corrected chi connectivity index (χ2v) is 4.12. The highest BCUT2D eigenvalue weighted by atomic mass is 19.4. The number of carbonyl (C=O) groups excluding carboxylic acids is 1. The molecule has 14 heavy (non-hydrogen) atoms. The molecular weight excluding hydrogens is 199 g/mol. The summed E-state index contributed by atoms with van der Waals surface area (Å²) in [6.45, 7) is 2.30. The minimum Gasteiger partial charge on any atom is -0.272 e. The highest BCUT2D eigenvalue weighted by Crippen LogP contribution is 2.51. The molecule has 1 aliphatic rings. The third-order valence-electron chi connectivity index (χ3n) is 2.24. The standard InChI is InChI=1S/C8H12F3NO2/c1-7(2)3-5(7)6(13)12-14-4-8(9,10)11/h5H,3-4H2,1-2H3,(H,12,13). The highest BCUT2D eigenvalue weighted by molar-refractivity contribution is 5.81. The summed E-state index contributed by atoms with van der Waals surface area (Å²) in [6.07, 6.45) is -3.72. The molecule has 0 spiro atoms. The average Bonchev–Trinajstić information content (AvgIpc) is 2.57. The quantitative estimate of drug-likeness (QED) is 0.721. The molecule has 1 amide bonds. The first-order valence-electron chi connectivity index (χ1n) is 4.21. The first-order chi connectivity index (χ1) is 6.22. The van der Waals surface area contributed by atoms with E-state index in [1.165, 1.54) is 0 Å². The Kier molecular flexibility index (Phi) is 2.76. The van der Waals surface area contributed by atoms with Gasteiger partial charge in [0.15, 0.2) is 6.61 Å². The van der Waals surface area contributed by atoms with E-state index >= 15 is 0 Å². The van der Waals surface area contributed by atoms with Crippen molar-refractivity contribution in [3.8, 4) is 0 Å². The van der Waals surface area contributed by atoms with Gasteiger partial charge in [0.05, 0.1) is 0 Å². The van der Waals surface area contributed by atoms with Crippen LogP contribution in [0.2, 0.25) is 0 Å². The van der Waals surface area contributed by atoms with Crippen molar-refractivity contribution in [2.24, 2.45) is 11.3 Å². The largest absolute Gasteiger partial charge is 0.414 e. The van der Waals surface area contributed by atoms with E-state index in [0.717, 1.165) is 0 Å². The van der Waals surface area contributed by atoms with Gasteiger partial charge in [0.1, 0.15) is 0 Å². The number of hydrogen-bond acceptors (Lipinski definition) is 2. The van der Waals surface area contributed by atoms with Crippen LogP contribution >= 0.6 is 0 Å². The van der Waals surface area contributed by atoms with Gasteiger partial charge in [-0.2, -0.15) is 13.2 Å². The average molecular weight is 211 g/mol. The van der Waals surface area contributed by atoms with Gasteiger partial charge in [-0.25, -0.2) is 5.48 Å². The van der Waals surface area contributed by atoms with E-state index in [1.54, 1.807) is 5.48 Å². The minimum absolute atomic E-state index is 0.105. The van der Waals surface area contributed by atoms with Gasteiger partial charge in [-0.05, 0) is 11.8 Å². The van der Waals surface area contributed by atoms with Gasteiger partial charge in [0.25, 0.3) is 0 Å². The smallest absolute Gasteiger partial charge is 0.272 e. The zero-order valence-corrected chi connectivity index (χ0v) is 7.94. The third kappa shape index (κ3) is 3.17. The summed E-state index contributed by atoms with van der Waals surface area (Å²) >= 11 is 0. The Morgan fingerprint density at radius 1 is 1.57 bits per heavy atom. The molecule has 0 aliphatic heterocycles. The van der Waals surface area contributed by atoms with Crippen LogP contribution in [0.15, 0.2) is 0 Å². The van der Waals surface area contributed by atoms with E-state index in [4.69, 9.17) is 0 Å². The molecule has 3 nitrogen and oxygen atoms in total. The number of rotatable bonds is 3. The molecule has 0 saturated heterocycles. The van der Waals surface area contributed by atoms with Crippen molar-refractivity contribution in [3.05, 3.63) is 0 Å². The molecule has 1 saturated carbocycles. The van der Waals surface area contributed by atoms with E-state index in [9.17, 15) is 18.0 Å². The number of carbonyl (C=O) groups is 1. The van der Waals surface area contributed by atoms with Crippen molar-refractivity contribution >= 4 is 5.91 Å². The van der Waals surface area contributed by atoms with Crippen molar-refractivity contribution in [1.82, 2.24) is 5.48 Å². The van der Waals surface area contributed by atoms with E-state index in [0.29, 0.717) is 6.42 Å². The molecule has 82 valence electrons. The number of nitrogens with one attached hydrogen (secondary N) is 1. The summed E-state index contributed by atoms with van der Waals surface area (Å²) in [6, 6.07) is 0. The molecule has 6 heteroatoms. The predicted octanol–water partition coefficient (Wildman–Crippen LogP) is 1.64. The molecule has 0 aromatic rings. The molecule has 1 atom stereocenters. The van der Waals surface area contributed by atoms with E-state index in [2.05, 4.69) is 4.84 Å². The van der Waals surface area contributed by atoms with Gasteiger partial charge in [-0.15, -0.1) is 0 Å². The monoisotopic (exact) mass is 211 g/mol. The maximum Gasteiger partial charge on any atom is 0.414 e. The number of hydrogen-bond donors (Lipinski definition) is 1. The van der Waals surface area contributed by atoms with Crippen LogP contribution in [0.3, 0.4) is 0 Å². The maximum absolute atomic E-state index is 11.6. The Morgan fingerprint density at radius 3 is 2.43 bits per heavy atom. The molecule has 1 fully saturated rings. The number of alkyl halides is 3. The van der Waals surface area contributed by atoms with Gasteiger partial charge >= 0.3 is 6.18 Å². The van der Waals surface area contributed by atoms with Gasteiger partial charge in [-0.1, -0.05) is 13.8 Å². The molecule has 1 aliphatic carbocycles. The van der Waals surface area contributed by atoms with Crippen molar-refractivity contribution in [1.29, 1.82) is 0 Å². The fourth-order valence-corrected chi connectivity index (χ4v) is 1.17. The lowest BCUT2D eigenvalue weighted by atomic mass is 10.1. The summed E-state index contributed by atoms with van der Waals surface area (Å²) in [7, 11) is 0. The Hall–Kier alpha value is -0.780. The number of hydroxylamine groups is 1. The van der Waals surface area contributed by atoms with Crippen LogP contribution in [0.5, 0.6) is 0 Å². The summed E-state index contributed by atoms with van der Waals surface area (Å²) in [5.41, 5.74) is 1.69. The van der Waals surface area contributed by atoms with Gasteiger partial charge in [0, 0.05) is 5.92 Å². The minimum atomic E-state index is -4.41. The first kappa shape index (κ1) is 11.3. The summed E-state index contributed by atoms with van der Waals surface area (Å²) in [5.74, 6) is -0.699. The van der Waals surface area contributed by atoms with Crippen LogP contribution < -0.4 is 5.48 Å². The SMILES string of the molecule is CC1(C)CC1C(=O)NOCC(F)(F)F. The molecule has 0 aromatic heterocycles. The Morgan fingerprint density at radius 2 is 2.07 bits per heavy atom. The van der Waals surface area contributed by atoms with Crippen molar-refractivity contribution < 1.29 is 22.8 Å². The topological polar surface area (TPSA) is 38.3 Å². The third-order valence-corrected chi connectivity index (χ3v) is 2.24. The van der Waals surface area contributed by atoms with Crippen LogP contribution in [0, 0.1) is 11.3 Å². The molecule has 0 bridgehead atoms. The van der Waals surface area contributed by atoms with Crippen LogP contribution in [0.25, 0.3) is 0 Å². The lowest BCUT2D eigenvalue weighted by molar-refractivity contribution is -0.192. The molecular formula is C8H12F3NO2. The summed E-state index contributed by atoms with van der Waals surface area (Å²) in [5, 5.41) is 0. The molecule has 1 rings (SSSR count). The van der Waals surface area contributed by atoms with Crippen molar-refractivity contribution in [2.75, 3.05) is 6.61 Å². The lowest BCUT2D eigenvalue weighted by Crippen LogP contribution is -2.31. The van der Waals surface area contributed by atoms with Gasteiger partial charge < -0.3 is 0 Å². The summed E-state index contributed by atoms with van der Waals surface area (Å²) in [4.78, 5) is 15.1. The van der Waals surface area contributed by atoms with Gasteiger partial charge in [0.2, 0.25) is 5.91 Å². The molecule has 0 aromatic carbocycles. The Bertz CT molecular complexity index is 237. The van der Waals surface area contributed by atoms with Crippen molar-refractivity contribution in [3.63, 3.8) is 0 Å². The summed E-state index contributed by atoms with van der Waals surface area (Å²) < 4.78 is 34.8. The maximum atomic E-state index is 11.6. The van der Waals surface area contributed by atoms with E-state index < -0.39 is 18.7 Å². The zero-order chi connectivity index (χ0) is 11.0. The first-order valence-corrected chi connectivity index (χ1v) is 4.21. The lowest BCUT2D eigenvalue weighted by Gasteiger charge is -2.08. The van der Waals surface area contributed by atoms with Crippen LogP contribution in [-0.4, -0.2) is 18.7 Å². The molecule has 1 N–H and O–H groups in total. The fraction of sp³-hybridized carbons (Fsp3) is 0.875. The molecule has 1 unspecified atom stereocenters. The Balaban J connectivity index is 2.18. The molecule has 0 heterocycles. The molecule has 0 radical (unpaired) electrons. The number of halogens is 3. The fourth-order valence-electron chi connectivity index (χ4n) is 1.17. The second kappa shape index (κ2) is 3.42. The van der Waals surface area contributed by atoms with Crippen molar-refractivity contribution in [2.45, 2.75) is 26.4 Å². The van der Waals surface area contributed by atoms with E-state index in [-0.39, 0.29) is 11.3 Å². The van der Waals surface area contributed by atoms with Crippen LogP contribution in [0.4, 0.5) is 13.2 Å². The van der Waals surface area contributed by atoms with Gasteiger partial charge in [-0.3, -0.25) is 9.63 Å². The predicted molar refractivity (Wildman–Crippen MR) is 42.0 cm³/mol. The Labute approximate surface area is 79.6 Å². The second-order valence-electron chi connectivity index (χ2n) is 4.12. The normalized spacial score (nSPS) is 24.5. The van der Waals surface area contributed by atoms with Crippen LogP contribution in [-0.2, 0) is 9.63 Å². The highest BCUT2D eigenvalue weighted by Gasteiger charge is 2.50. The van der Waals surface area contributed by atoms with Crippen LogP contribution in [0.1, 0.15) is 20.3 Å². The van der Waals surface area contributed by atoms with E-state index in [1.807, 2.05) is 13.8 Å². The number of amides is 1.